The van der Waals surface area contributed by atoms with Crippen molar-refractivity contribution in [2.24, 2.45) is 0 Å². The van der Waals surface area contributed by atoms with Gasteiger partial charge in [-0.05, 0) is 11.1 Å². The van der Waals surface area contributed by atoms with Gasteiger partial charge in [0.25, 0.3) is 0 Å². The summed E-state index contributed by atoms with van der Waals surface area (Å²) in [5, 5.41) is 0.510. The lowest BCUT2D eigenvalue weighted by atomic mass is 10.2. The Bertz CT molecular complexity index is 731. The maximum absolute atomic E-state index is 6.39. The van der Waals surface area contributed by atoms with Crippen LogP contribution in [0.15, 0.2) is 80.8 Å². The highest BCUT2D eigenvalue weighted by molar-refractivity contribution is 6.53. The van der Waals surface area contributed by atoms with Gasteiger partial charge in [-0.3, -0.25) is 0 Å². The molecule has 1 aliphatic carbocycles. The van der Waals surface area contributed by atoms with Crippen molar-refractivity contribution in [1.82, 2.24) is 0 Å². The summed E-state index contributed by atoms with van der Waals surface area (Å²) in [5.41, 5.74) is 1.89. The average molecular weight is 416 g/mol. The Morgan fingerprint density at radius 3 is 1.32 bits per heavy atom. The molecule has 0 spiro atoms. The van der Waals surface area contributed by atoms with Gasteiger partial charge in [0.05, 0.1) is 23.3 Å². The van der Waals surface area contributed by atoms with E-state index in [0.29, 0.717) is 0 Å². The van der Waals surface area contributed by atoms with Crippen LogP contribution in [-0.4, -0.2) is 5.79 Å². The van der Waals surface area contributed by atoms with E-state index in [-0.39, 0.29) is 33.3 Å². The second-order valence-electron chi connectivity index (χ2n) is 5.42. The number of halogens is 4. The van der Waals surface area contributed by atoms with E-state index < -0.39 is 5.79 Å². The monoisotopic (exact) mass is 414 g/mol. The Labute approximate surface area is 166 Å². The van der Waals surface area contributed by atoms with Gasteiger partial charge in [-0.15, -0.1) is 0 Å². The number of rotatable bonds is 6. The van der Waals surface area contributed by atoms with E-state index in [0.717, 1.165) is 11.1 Å². The molecule has 3 rings (SSSR count). The molecule has 6 heteroatoms. The van der Waals surface area contributed by atoms with Gasteiger partial charge in [0.15, 0.2) is 0 Å². The van der Waals surface area contributed by atoms with Crippen molar-refractivity contribution in [2.75, 3.05) is 0 Å². The predicted octanol–water partition coefficient (Wildman–Crippen LogP) is 6.51. The average Bonchev–Trinajstić information content (AvgIpc) is 2.82. The van der Waals surface area contributed by atoms with Crippen LogP contribution in [0.25, 0.3) is 0 Å². The Balaban J connectivity index is 1.87. The summed E-state index contributed by atoms with van der Waals surface area (Å²) in [6, 6.07) is 19.2. The molecular formula is C19H14Cl4O2. The molecule has 0 fully saturated rings. The maximum atomic E-state index is 6.39. The zero-order chi connectivity index (χ0) is 17.9. The molecule has 0 saturated carbocycles. The molecule has 2 aromatic carbocycles. The van der Waals surface area contributed by atoms with Crippen molar-refractivity contribution in [3.05, 3.63) is 91.9 Å². The van der Waals surface area contributed by atoms with Crippen LogP contribution in [0, 0.1) is 0 Å². The second-order valence-corrected chi connectivity index (χ2v) is 6.93. The van der Waals surface area contributed by atoms with Gasteiger partial charge in [0.1, 0.15) is 10.1 Å². The van der Waals surface area contributed by atoms with Crippen LogP contribution in [0.1, 0.15) is 11.1 Å². The van der Waals surface area contributed by atoms with Crippen LogP contribution in [0.5, 0.6) is 0 Å². The molecular weight excluding hydrogens is 402 g/mol. The fourth-order valence-electron chi connectivity index (χ4n) is 2.39. The molecule has 0 radical (unpaired) electrons. The fraction of sp³-hybridized carbons (Fsp3) is 0.158. The van der Waals surface area contributed by atoms with Crippen LogP contribution in [0.3, 0.4) is 0 Å². The highest BCUT2D eigenvalue weighted by Gasteiger charge is 2.48. The van der Waals surface area contributed by atoms with Crippen molar-refractivity contribution in [3.8, 4) is 0 Å². The molecule has 130 valence electrons. The number of hydrogen-bond acceptors (Lipinski definition) is 2. The zero-order valence-electron chi connectivity index (χ0n) is 13.0. The van der Waals surface area contributed by atoms with Crippen molar-refractivity contribution >= 4 is 46.4 Å². The molecule has 0 unspecified atom stereocenters. The normalized spacial score (nSPS) is 16.6. The Morgan fingerprint density at radius 2 is 0.960 bits per heavy atom. The molecule has 0 aromatic heterocycles. The molecule has 0 amide bonds. The van der Waals surface area contributed by atoms with Crippen LogP contribution < -0.4 is 0 Å². The molecule has 0 saturated heterocycles. The first-order valence-corrected chi connectivity index (χ1v) is 9.03. The van der Waals surface area contributed by atoms with Gasteiger partial charge in [-0.2, -0.15) is 0 Å². The molecule has 0 atom stereocenters. The third-order valence-electron chi connectivity index (χ3n) is 3.73. The smallest absolute Gasteiger partial charge is 0.247 e. The molecule has 0 bridgehead atoms. The topological polar surface area (TPSA) is 18.5 Å². The molecule has 2 aromatic rings. The van der Waals surface area contributed by atoms with Crippen molar-refractivity contribution in [3.63, 3.8) is 0 Å². The zero-order valence-corrected chi connectivity index (χ0v) is 16.0. The number of hydrogen-bond donors (Lipinski definition) is 0. The van der Waals surface area contributed by atoms with Crippen LogP contribution in [0.2, 0.25) is 0 Å². The van der Waals surface area contributed by atoms with Gasteiger partial charge < -0.3 is 9.47 Å². The van der Waals surface area contributed by atoms with Gasteiger partial charge in [0.2, 0.25) is 5.79 Å². The van der Waals surface area contributed by atoms with E-state index in [9.17, 15) is 0 Å². The van der Waals surface area contributed by atoms with Crippen molar-refractivity contribution < 1.29 is 9.47 Å². The summed E-state index contributed by atoms with van der Waals surface area (Å²) >= 11 is 25.1. The second kappa shape index (κ2) is 8.13. The van der Waals surface area contributed by atoms with Gasteiger partial charge in [0, 0.05) is 0 Å². The summed E-state index contributed by atoms with van der Waals surface area (Å²) in [4.78, 5) is 0. The lowest BCUT2D eigenvalue weighted by Gasteiger charge is -2.30. The molecule has 1 aliphatic rings. The van der Waals surface area contributed by atoms with E-state index >= 15 is 0 Å². The van der Waals surface area contributed by atoms with Crippen molar-refractivity contribution in [2.45, 2.75) is 19.0 Å². The predicted molar refractivity (Wildman–Crippen MR) is 103 cm³/mol. The fourth-order valence-corrected chi connectivity index (χ4v) is 3.57. The third kappa shape index (κ3) is 3.90. The Hall–Kier alpha value is -1.000. The highest BCUT2D eigenvalue weighted by Crippen LogP contribution is 2.51. The Kier molecular flexibility index (Phi) is 6.11. The summed E-state index contributed by atoms with van der Waals surface area (Å²) in [5.74, 6) is -1.51. The quantitative estimate of drug-likeness (QED) is 0.500. The largest absolute Gasteiger partial charge is 0.336 e. The van der Waals surface area contributed by atoms with E-state index in [1.165, 1.54) is 0 Å². The summed E-state index contributed by atoms with van der Waals surface area (Å²) in [6.45, 7) is 0.465. The number of allylic oxidation sites excluding steroid dienone is 2. The van der Waals surface area contributed by atoms with Crippen molar-refractivity contribution in [1.29, 1.82) is 0 Å². The van der Waals surface area contributed by atoms with Gasteiger partial charge in [-0.1, -0.05) is 107 Å². The van der Waals surface area contributed by atoms with Crippen LogP contribution in [0.4, 0.5) is 0 Å². The number of ether oxygens (including phenoxy) is 2. The first-order chi connectivity index (χ1) is 12.0. The highest BCUT2D eigenvalue weighted by atomic mass is 35.5. The summed E-state index contributed by atoms with van der Waals surface area (Å²) in [6.07, 6.45) is 0. The van der Waals surface area contributed by atoms with E-state index in [1.54, 1.807) is 0 Å². The first-order valence-electron chi connectivity index (χ1n) is 7.52. The minimum Gasteiger partial charge on any atom is -0.336 e. The first kappa shape index (κ1) is 18.8. The van der Waals surface area contributed by atoms with E-state index in [2.05, 4.69) is 0 Å². The van der Waals surface area contributed by atoms with E-state index in [1.807, 2.05) is 60.7 Å². The lowest BCUT2D eigenvalue weighted by molar-refractivity contribution is -0.190. The molecule has 0 N–H and O–H groups in total. The lowest BCUT2D eigenvalue weighted by Crippen LogP contribution is -2.35. The Morgan fingerprint density at radius 1 is 0.600 bits per heavy atom. The maximum Gasteiger partial charge on any atom is 0.247 e. The SMILES string of the molecule is ClC1=C(Cl)C(OCc2ccccc2)(OCc2ccccc2)C(Cl)=C1Cl. The molecule has 25 heavy (non-hydrogen) atoms. The third-order valence-corrected chi connectivity index (χ3v) is 5.65. The molecule has 0 heterocycles. The number of benzene rings is 2. The standard InChI is InChI=1S/C19H14Cl4O2/c20-15-16(21)18(23)19(17(15)22,24-11-13-7-3-1-4-8-13)25-12-14-9-5-2-6-10-14/h1-10H,11-12H2. The summed E-state index contributed by atoms with van der Waals surface area (Å²) < 4.78 is 12.0. The van der Waals surface area contributed by atoms with Gasteiger partial charge in [-0.25, -0.2) is 0 Å². The van der Waals surface area contributed by atoms with E-state index in [4.69, 9.17) is 55.9 Å². The molecule has 2 nitrogen and oxygen atoms in total. The minimum absolute atomic E-state index is 0.121. The van der Waals surface area contributed by atoms with Crippen LogP contribution in [-0.2, 0) is 22.7 Å². The summed E-state index contributed by atoms with van der Waals surface area (Å²) in [7, 11) is 0. The minimum atomic E-state index is -1.51. The van der Waals surface area contributed by atoms with Crippen LogP contribution >= 0.6 is 46.4 Å². The molecule has 0 aliphatic heterocycles. The van der Waals surface area contributed by atoms with Gasteiger partial charge >= 0.3 is 0 Å².